The SMILES string of the molecule is Nc1ncnc2c1c(-c1ccc(Oc3ccccc3)cc1)nn2C1CCCN(CC2CCN(CCC3CCN(c4ccc5c(c4)CN(C4CCC(=O)NC4=O)C5=O)CC3)CC2)C1. The van der Waals surface area contributed by atoms with Gasteiger partial charge in [0, 0.05) is 56.0 Å². The highest BCUT2D eigenvalue weighted by molar-refractivity contribution is 6.05. The fourth-order valence-corrected chi connectivity index (χ4v) is 10.5. The number of nitrogens with zero attached hydrogens (tertiary/aromatic N) is 8. The third-order valence-electron chi connectivity index (χ3n) is 14.0. The summed E-state index contributed by atoms with van der Waals surface area (Å²) in [6, 6.07) is 23.5. The lowest BCUT2D eigenvalue weighted by molar-refractivity contribution is -0.136. The van der Waals surface area contributed by atoms with E-state index in [4.69, 9.17) is 20.6 Å². The van der Waals surface area contributed by atoms with Crippen LogP contribution in [0.25, 0.3) is 22.3 Å². The molecule has 5 aromatic rings. The summed E-state index contributed by atoms with van der Waals surface area (Å²) in [7, 11) is 0. The summed E-state index contributed by atoms with van der Waals surface area (Å²) in [5.74, 6) is 2.68. The first-order chi connectivity index (χ1) is 30.3. The number of rotatable bonds is 11. The molecule has 2 unspecified atom stereocenters. The maximum absolute atomic E-state index is 13.2. The number of anilines is 2. The van der Waals surface area contributed by atoms with Crippen LogP contribution in [0, 0.1) is 11.8 Å². The minimum atomic E-state index is -0.584. The molecule has 5 aliphatic heterocycles. The van der Waals surface area contributed by atoms with Crippen LogP contribution in [-0.4, -0.2) is 111 Å². The number of benzene rings is 3. The highest BCUT2D eigenvalue weighted by Crippen LogP contribution is 2.36. The number of nitrogens with two attached hydrogens (primary N) is 1. The molecule has 322 valence electrons. The molecule has 0 spiro atoms. The van der Waals surface area contributed by atoms with Crippen molar-refractivity contribution in [1.29, 1.82) is 0 Å². The van der Waals surface area contributed by atoms with Crippen LogP contribution in [0.5, 0.6) is 11.5 Å². The standard InChI is InChI=1S/C48H56N10O4/c49-45-43-44(34-8-11-39(12-9-34)62-38-6-2-1-3-7-38)53-58(46(43)51-31-50-45)37-5-4-21-55(30-37)28-33-17-23-54(24-18-33)22-16-32-19-25-56(26-20-32)36-10-13-40-35(27-36)29-57(48(40)61)41-14-15-42(59)52-47(41)60/h1-3,6-13,27,31-33,37,41H,4-5,14-26,28-30H2,(H2,49,50,51)(H,52,59,60). The Labute approximate surface area is 362 Å². The minimum Gasteiger partial charge on any atom is -0.457 e. The highest BCUT2D eigenvalue weighted by Gasteiger charge is 2.39. The van der Waals surface area contributed by atoms with Gasteiger partial charge in [-0.1, -0.05) is 18.2 Å². The van der Waals surface area contributed by atoms with E-state index in [0.717, 1.165) is 96.5 Å². The summed E-state index contributed by atoms with van der Waals surface area (Å²) >= 11 is 0. The number of imide groups is 1. The first kappa shape index (κ1) is 40.2. The number of hydrogen-bond donors (Lipinski definition) is 2. The fraction of sp³-hybridized carbons (Fsp3) is 0.458. The number of nitrogens with one attached hydrogen (secondary N) is 1. The molecule has 3 amide bonds. The Hall–Kier alpha value is -5.86. The van der Waals surface area contributed by atoms with Gasteiger partial charge in [0.15, 0.2) is 5.65 Å². The Morgan fingerprint density at radius 2 is 1.56 bits per heavy atom. The molecule has 62 heavy (non-hydrogen) atoms. The summed E-state index contributed by atoms with van der Waals surface area (Å²) in [4.78, 5) is 55.8. The molecule has 2 aromatic heterocycles. The molecule has 0 bridgehead atoms. The number of nitrogen functional groups attached to an aromatic ring is 1. The second-order valence-corrected chi connectivity index (χ2v) is 18.0. The molecule has 14 nitrogen and oxygen atoms in total. The number of carbonyl (C=O) groups excluding carboxylic acids is 3. The normalized spacial score (nSPS) is 22.0. The number of carbonyl (C=O) groups is 3. The molecular formula is C48H56N10O4. The summed E-state index contributed by atoms with van der Waals surface area (Å²) in [6.45, 7) is 9.15. The predicted molar refractivity (Wildman–Crippen MR) is 238 cm³/mol. The Kier molecular flexibility index (Phi) is 11.3. The van der Waals surface area contributed by atoms with Crippen LogP contribution in [0.2, 0.25) is 0 Å². The van der Waals surface area contributed by atoms with Gasteiger partial charge in [0.1, 0.15) is 35.4 Å². The molecule has 3 N–H and O–H groups in total. The van der Waals surface area contributed by atoms with E-state index in [1.165, 1.54) is 51.7 Å². The number of piperidine rings is 4. The van der Waals surface area contributed by atoms with E-state index in [0.29, 0.717) is 30.3 Å². The lowest BCUT2D eigenvalue weighted by Crippen LogP contribution is -2.52. The number of aromatic nitrogens is 4. The molecule has 0 saturated carbocycles. The van der Waals surface area contributed by atoms with Gasteiger partial charge in [-0.3, -0.25) is 19.7 Å². The average molecular weight is 837 g/mol. The smallest absolute Gasteiger partial charge is 0.255 e. The van der Waals surface area contributed by atoms with Crippen molar-refractivity contribution in [2.45, 2.75) is 76.4 Å². The van der Waals surface area contributed by atoms with Crippen LogP contribution in [0.3, 0.4) is 0 Å². The maximum Gasteiger partial charge on any atom is 0.255 e. The zero-order valence-corrected chi connectivity index (χ0v) is 35.3. The molecule has 2 atom stereocenters. The van der Waals surface area contributed by atoms with Gasteiger partial charge in [-0.05, 0) is 150 Å². The van der Waals surface area contributed by atoms with Crippen molar-refractivity contribution < 1.29 is 19.1 Å². The molecule has 0 aliphatic carbocycles. The lowest BCUT2D eigenvalue weighted by Gasteiger charge is -2.39. The van der Waals surface area contributed by atoms with Crippen LogP contribution >= 0.6 is 0 Å². The number of para-hydroxylation sites is 1. The van der Waals surface area contributed by atoms with Crippen LogP contribution in [0.15, 0.2) is 79.1 Å². The number of ether oxygens (including phenoxy) is 1. The number of amides is 3. The Bertz CT molecular complexity index is 2420. The first-order valence-electron chi connectivity index (χ1n) is 22.6. The van der Waals surface area contributed by atoms with E-state index >= 15 is 0 Å². The van der Waals surface area contributed by atoms with Gasteiger partial charge in [0.2, 0.25) is 11.8 Å². The van der Waals surface area contributed by atoms with Gasteiger partial charge in [0.05, 0.1) is 11.4 Å². The molecular weight excluding hydrogens is 781 g/mol. The predicted octanol–water partition coefficient (Wildman–Crippen LogP) is 6.28. The summed E-state index contributed by atoms with van der Waals surface area (Å²) < 4.78 is 8.15. The molecule has 4 saturated heterocycles. The second-order valence-electron chi connectivity index (χ2n) is 18.0. The summed E-state index contributed by atoms with van der Waals surface area (Å²) in [6.07, 6.45) is 10.4. The van der Waals surface area contributed by atoms with Crippen molar-refractivity contribution in [3.8, 4) is 22.8 Å². The van der Waals surface area contributed by atoms with E-state index in [9.17, 15) is 14.4 Å². The first-order valence-corrected chi connectivity index (χ1v) is 22.6. The van der Waals surface area contributed by atoms with Gasteiger partial charge in [-0.25, -0.2) is 14.6 Å². The van der Waals surface area contributed by atoms with Crippen molar-refractivity contribution >= 4 is 40.3 Å². The topological polar surface area (TPSA) is 155 Å². The number of hydrogen-bond acceptors (Lipinski definition) is 11. The van der Waals surface area contributed by atoms with Gasteiger partial charge in [-0.15, -0.1) is 0 Å². The molecule has 14 heteroatoms. The van der Waals surface area contributed by atoms with Crippen molar-refractivity contribution in [2.24, 2.45) is 11.8 Å². The van der Waals surface area contributed by atoms with Crippen molar-refractivity contribution in [3.05, 3.63) is 90.3 Å². The molecule has 7 heterocycles. The van der Waals surface area contributed by atoms with Crippen molar-refractivity contribution in [3.63, 3.8) is 0 Å². The van der Waals surface area contributed by atoms with Gasteiger partial charge in [-0.2, -0.15) is 5.10 Å². The Balaban J connectivity index is 0.686. The lowest BCUT2D eigenvalue weighted by atomic mass is 9.91. The van der Waals surface area contributed by atoms with E-state index in [-0.39, 0.29) is 30.2 Å². The van der Waals surface area contributed by atoms with Gasteiger partial charge >= 0.3 is 0 Å². The quantitative estimate of drug-likeness (QED) is 0.145. The van der Waals surface area contributed by atoms with Crippen molar-refractivity contribution in [2.75, 3.05) is 63.0 Å². The zero-order chi connectivity index (χ0) is 42.2. The fourth-order valence-electron chi connectivity index (χ4n) is 10.5. The van der Waals surface area contributed by atoms with E-state index < -0.39 is 6.04 Å². The summed E-state index contributed by atoms with van der Waals surface area (Å²) in [5, 5.41) is 8.39. The maximum atomic E-state index is 13.2. The van der Waals surface area contributed by atoms with Crippen molar-refractivity contribution in [1.82, 2.24) is 39.8 Å². The van der Waals surface area contributed by atoms with E-state index in [2.05, 4.69) is 41.8 Å². The third kappa shape index (κ3) is 8.37. The van der Waals surface area contributed by atoms with Crippen LogP contribution < -0.4 is 20.7 Å². The average Bonchev–Trinajstić information content (AvgIpc) is 3.85. The highest BCUT2D eigenvalue weighted by atomic mass is 16.5. The van der Waals surface area contributed by atoms with Gasteiger partial charge in [0.25, 0.3) is 5.91 Å². The Morgan fingerprint density at radius 1 is 0.790 bits per heavy atom. The third-order valence-corrected chi connectivity index (χ3v) is 14.0. The minimum absolute atomic E-state index is 0.117. The zero-order valence-electron chi connectivity index (χ0n) is 35.3. The Morgan fingerprint density at radius 3 is 2.35 bits per heavy atom. The largest absolute Gasteiger partial charge is 0.457 e. The molecule has 10 rings (SSSR count). The molecule has 3 aromatic carbocycles. The molecule has 5 aliphatic rings. The second kappa shape index (κ2) is 17.5. The summed E-state index contributed by atoms with van der Waals surface area (Å²) in [5.41, 5.74) is 11.8. The van der Waals surface area contributed by atoms with Gasteiger partial charge < -0.3 is 30.1 Å². The van der Waals surface area contributed by atoms with E-state index in [1.54, 1.807) is 11.2 Å². The van der Waals surface area contributed by atoms with Crippen LogP contribution in [-0.2, 0) is 16.1 Å². The number of likely N-dealkylation sites (tertiary alicyclic amines) is 2. The molecule has 4 fully saturated rings. The monoisotopic (exact) mass is 836 g/mol. The van der Waals surface area contributed by atoms with E-state index in [1.807, 2.05) is 60.7 Å². The van der Waals surface area contributed by atoms with Crippen LogP contribution in [0.1, 0.15) is 79.8 Å². The van der Waals surface area contributed by atoms with Crippen LogP contribution in [0.4, 0.5) is 11.5 Å². The molecule has 0 radical (unpaired) electrons. The number of fused-ring (bicyclic) bond motifs is 2.